The van der Waals surface area contributed by atoms with Crippen molar-refractivity contribution in [2.24, 2.45) is 0 Å². The van der Waals surface area contributed by atoms with Crippen molar-refractivity contribution >= 4 is 23.5 Å². The van der Waals surface area contributed by atoms with E-state index in [9.17, 15) is 9.59 Å². The maximum absolute atomic E-state index is 12.3. The third kappa shape index (κ3) is 2.65. The van der Waals surface area contributed by atoms with Crippen molar-refractivity contribution in [1.29, 1.82) is 0 Å². The first-order valence-electron chi connectivity index (χ1n) is 7.98. The third-order valence-electron chi connectivity index (χ3n) is 4.52. The van der Waals surface area contributed by atoms with Crippen molar-refractivity contribution in [3.8, 4) is 11.3 Å². The molecule has 0 spiro atoms. The molecule has 25 heavy (non-hydrogen) atoms. The molecule has 4 rings (SSSR count). The molecule has 0 aliphatic carbocycles. The van der Waals surface area contributed by atoms with Crippen LogP contribution in [0.4, 0.5) is 0 Å². The topological polar surface area (TPSA) is 68.5 Å². The first kappa shape index (κ1) is 16.0. The smallest absolute Gasteiger partial charge is 0.337 e. The van der Waals surface area contributed by atoms with E-state index in [0.29, 0.717) is 27.8 Å². The summed E-state index contributed by atoms with van der Waals surface area (Å²) in [6.45, 7) is 3.52. The molecule has 1 amide bonds. The van der Waals surface area contributed by atoms with Gasteiger partial charge in [0, 0.05) is 17.0 Å². The minimum absolute atomic E-state index is 0.145. The van der Waals surface area contributed by atoms with Crippen LogP contribution in [0.1, 0.15) is 31.9 Å². The summed E-state index contributed by atoms with van der Waals surface area (Å²) in [5, 5.41) is 3.39. The number of rotatable bonds is 2. The van der Waals surface area contributed by atoms with Crippen molar-refractivity contribution < 1.29 is 18.7 Å². The van der Waals surface area contributed by atoms with Crippen LogP contribution in [0.15, 0.2) is 52.1 Å². The maximum Gasteiger partial charge on any atom is 0.337 e. The predicted molar refractivity (Wildman–Crippen MR) is 91.9 cm³/mol. The van der Waals surface area contributed by atoms with Crippen LogP contribution in [-0.2, 0) is 14.3 Å². The Morgan fingerprint density at radius 1 is 1.20 bits per heavy atom. The Balaban J connectivity index is 1.76. The summed E-state index contributed by atoms with van der Waals surface area (Å²) in [4.78, 5) is 24.5. The Labute approximate surface area is 149 Å². The molecule has 0 saturated carbocycles. The van der Waals surface area contributed by atoms with Gasteiger partial charge < -0.3 is 14.5 Å². The molecule has 0 unspecified atom stereocenters. The number of furan rings is 1. The molecule has 1 atom stereocenters. The van der Waals surface area contributed by atoms with Gasteiger partial charge in [-0.1, -0.05) is 23.7 Å². The van der Waals surface area contributed by atoms with Crippen LogP contribution in [0.2, 0.25) is 5.02 Å². The van der Waals surface area contributed by atoms with Crippen molar-refractivity contribution in [1.82, 2.24) is 5.32 Å². The zero-order chi connectivity index (χ0) is 17.8. The Kier molecular flexibility index (Phi) is 3.51. The number of nitrogens with one attached hydrogen (secondary N) is 1. The number of benzene rings is 1. The summed E-state index contributed by atoms with van der Waals surface area (Å²) in [6.07, 6.45) is 0.145. The molecule has 128 valence electrons. The first-order valence-corrected chi connectivity index (χ1v) is 8.36. The van der Waals surface area contributed by atoms with E-state index in [1.165, 1.54) is 0 Å². The second-order valence-electron chi connectivity index (χ2n) is 6.71. The lowest BCUT2D eigenvalue weighted by Crippen LogP contribution is -2.38. The zero-order valence-corrected chi connectivity index (χ0v) is 14.5. The highest BCUT2D eigenvalue weighted by atomic mass is 35.5. The van der Waals surface area contributed by atoms with Gasteiger partial charge in [-0.15, -0.1) is 0 Å². The number of hydrogen-bond donors (Lipinski definition) is 1. The highest BCUT2D eigenvalue weighted by molar-refractivity contribution is 6.30. The average molecular weight is 358 g/mol. The molecule has 0 bridgehead atoms. The average Bonchev–Trinajstić information content (AvgIpc) is 3.11. The lowest BCUT2D eigenvalue weighted by Gasteiger charge is -2.26. The second kappa shape index (κ2) is 5.49. The summed E-state index contributed by atoms with van der Waals surface area (Å²) in [7, 11) is 0. The minimum atomic E-state index is -0.844. The fraction of sp³-hybridized carbons (Fsp3) is 0.263. The van der Waals surface area contributed by atoms with E-state index in [-0.39, 0.29) is 12.3 Å². The molecular weight excluding hydrogens is 342 g/mol. The minimum Gasteiger partial charge on any atom is -0.460 e. The molecule has 0 saturated heterocycles. The Bertz CT molecular complexity index is 925. The summed E-state index contributed by atoms with van der Waals surface area (Å²) in [5.74, 6) is 0.177. The molecule has 5 nitrogen and oxygen atoms in total. The predicted octanol–water partition coefficient (Wildman–Crippen LogP) is 3.79. The van der Waals surface area contributed by atoms with Crippen LogP contribution < -0.4 is 5.32 Å². The highest BCUT2D eigenvalue weighted by Crippen LogP contribution is 2.43. The van der Waals surface area contributed by atoms with Gasteiger partial charge in [0.25, 0.3) is 0 Å². The van der Waals surface area contributed by atoms with Gasteiger partial charge in [0.05, 0.1) is 17.2 Å². The van der Waals surface area contributed by atoms with Gasteiger partial charge in [-0.05, 0) is 38.1 Å². The third-order valence-corrected chi connectivity index (χ3v) is 4.76. The number of halogens is 1. The molecule has 2 aliphatic rings. The quantitative estimate of drug-likeness (QED) is 0.830. The fourth-order valence-electron chi connectivity index (χ4n) is 3.36. The van der Waals surface area contributed by atoms with Crippen LogP contribution in [0.25, 0.3) is 11.3 Å². The monoisotopic (exact) mass is 357 g/mol. The lowest BCUT2D eigenvalue weighted by atomic mass is 9.86. The van der Waals surface area contributed by atoms with E-state index in [2.05, 4.69) is 5.32 Å². The molecule has 0 radical (unpaired) electrons. The van der Waals surface area contributed by atoms with Crippen LogP contribution in [0.3, 0.4) is 0 Å². The van der Waals surface area contributed by atoms with Crippen LogP contribution >= 0.6 is 11.6 Å². The van der Waals surface area contributed by atoms with E-state index in [0.717, 1.165) is 5.56 Å². The molecule has 2 aromatic rings. The molecule has 6 heteroatoms. The molecule has 3 heterocycles. The Hall–Kier alpha value is -2.53. The molecule has 1 N–H and O–H groups in total. The number of amides is 1. The molecule has 1 aromatic heterocycles. The van der Waals surface area contributed by atoms with E-state index in [1.807, 2.05) is 18.2 Å². The second-order valence-corrected chi connectivity index (χ2v) is 7.14. The number of esters is 1. The van der Waals surface area contributed by atoms with Gasteiger partial charge in [0.1, 0.15) is 17.1 Å². The Morgan fingerprint density at radius 3 is 2.76 bits per heavy atom. The van der Waals surface area contributed by atoms with E-state index >= 15 is 0 Å². The van der Waals surface area contributed by atoms with Gasteiger partial charge in [0.15, 0.2) is 0 Å². The summed E-state index contributed by atoms with van der Waals surface area (Å²) >= 11 is 6.03. The lowest BCUT2D eigenvalue weighted by molar-refractivity contribution is -0.144. The molecular formula is C19H16ClNO4. The number of hydrogen-bond acceptors (Lipinski definition) is 4. The van der Waals surface area contributed by atoms with Crippen molar-refractivity contribution in [3.63, 3.8) is 0 Å². The van der Waals surface area contributed by atoms with Crippen molar-refractivity contribution in [2.45, 2.75) is 31.8 Å². The number of ether oxygens (including phenoxy) is 1. The summed E-state index contributed by atoms with van der Waals surface area (Å²) in [5.41, 5.74) is 0.988. The van der Waals surface area contributed by atoms with Crippen molar-refractivity contribution in [2.75, 3.05) is 0 Å². The standard InChI is InChI=1S/C19H16ClNO4/c1-19(2)17-16(18(23)25-19)12(9-15(22)21-17)14-7-6-13(24-14)10-4-3-5-11(20)8-10/h3-8,12H,9H2,1-2H3,(H,21,22)/t12-/m1/s1. The van der Waals surface area contributed by atoms with Gasteiger partial charge in [-0.2, -0.15) is 0 Å². The zero-order valence-electron chi connectivity index (χ0n) is 13.8. The van der Waals surface area contributed by atoms with Crippen molar-refractivity contribution in [3.05, 3.63) is 58.5 Å². The highest BCUT2D eigenvalue weighted by Gasteiger charge is 2.48. The van der Waals surface area contributed by atoms with Crippen LogP contribution in [0.5, 0.6) is 0 Å². The Morgan fingerprint density at radius 2 is 2.00 bits per heavy atom. The molecule has 1 aromatic carbocycles. The molecule has 2 aliphatic heterocycles. The van der Waals surface area contributed by atoms with E-state index in [4.69, 9.17) is 20.8 Å². The van der Waals surface area contributed by atoms with Crippen LogP contribution in [-0.4, -0.2) is 17.5 Å². The van der Waals surface area contributed by atoms with Gasteiger partial charge in [0.2, 0.25) is 5.91 Å². The van der Waals surface area contributed by atoms with E-state index < -0.39 is 17.5 Å². The normalized spacial score (nSPS) is 21.8. The number of carbonyl (C=O) groups is 2. The first-order chi connectivity index (χ1) is 11.8. The van der Waals surface area contributed by atoms with E-state index in [1.54, 1.807) is 32.0 Å². The summed E-state index contributed by atoms with van der Waals surface area (Å²) in [6, 6.07) is 10.9. The molecule has 0 fully saturated rings. The van der Waals surface area contributed by atoms with Gasteiger partial charge in [-0.25, -0.2) is 4.79 Å². The SMILES string of the molecule is CC1(C)OC(=O)C2=C1NC(=O)C[C@@H]2c1ccc(-c2cccc(Cl)c2)o1. The largest absolute Gasteiger partial charge is 0.460 e. The van der Waals surface area contributed by atoms with Gasteiger partial charge >= 0.3 is 5.97 Å². The number of carbonyl (C=O) groups excluding carboxylic acids is 2. The fourth-order valence-corrected chi connectivity index (χ4v) is 3.55. The summed E-state index contributed by atoms with van der Waals surface area (Å²) < 4.78 is 11.4. The van der Waals surface area contributed by atoms with Gasteiger partial charge in [-0.3, -0.25) is 4.79 Å². The number of cyclic esters (lactones) is 1. The van der Waals surface area contributed by atoms with Crippen LogP contribution in [0, 0.1) is 0 Å². The maximum atomic E-state index is 12.3.